The second kappa shape index (κ2) is 8.10. The molecule has 0 aliphatic carbocycles. The first-order chi connectivity index (χ1) is 10.6. The largest absolute Gasteiger partial charge is 0.334 e. The number of amides is 2. The molecule has 1 aliphatic heterocycles. The minimum Gasteiger partial charge on any atom is -0.334 e. The minimum atomic E-state index is -0.281. The van der Waals surface area contributed by atoms with E-state index >= 15 is 0 Å². The van der Waals surface area contributed by atoms with Crippen LogP contribution in [0.2, 0.25) is 0 Å². The number of hydrogen-bond acceptors (Lipinski definition) is 3. The number of nitrogens with zero attached hydrogens (tertiary/aromatic N) is 3. The van der Waals surface area contributed by atoms with Gasteiger partial charge in [0.05, 0.1) is 0 Å². The van der Waals surface area contributed by atoms with Crippen LogP contribution >= 0.6 is 0 Å². The molecule has 1 heterocycles. The molecule has 1 aromatic rings. The van der Waals surface area contributed by atoms with Crippen LogP contribution in [0.4, 0.5) is 9.18 Å². The Morgan fingerprint density at radius 2 is 1.91 bits per heavy atom. The van der Waals surface area contributed by atoms with E-state index in [2.05, 4.69) is 29.2 Å². The number of carbonyl (C=O) groups excluding carboxylic acids is 1. The molecule has 0 saturated carbocycles. The van der Waals surface area contributed by atoms with Gasteiger partial charge < -0.3 is 15.1 Å². The zero-order valence-electron chi connectivity index (χ0n) is 13.4. The predicted octanol–water partition coefficient (Wildman–Crippen LogP) is 1.21. The summed E-state index contributed by atoms with van der Waals surface area (Å²) in [6, 6.07) is 6.40. The Labute approximate surface area is 131 Å². The van der Waals surface area contributed by atoms with Crippen LogP contribution in [0.1, 0.15) is 5.56 Å². The second-order valence-electron chi connectivity index (χ2n) is 5.88. The number of urea groups is 1. The Morgan fingerprint density at radius 3 is 2.55 bits per heavy atom. The number of rotatable bonds is 5. The van der Waals surface area contributed by atoms with Gasteiger partial charge in [-0.25, -0.2) is 9.18 Å². The highest BCUT2D eigenvalue weighted by molar-refractivity contribution is 5.74. The number of halogens is 1. The van der Waals surface area contributed by atoms with Gasteiger partial charge in [-0.3, -0.25) is 4.90 Å². The number of hydrogen-bond donors (Lipinski definition) is 1. The summed E-state index contributed by atoms with van der Waals surface area (Å²) in [4.78, 5) is 18.4. The SMILES string of the molecule is CN(C)CCN1CCN(C(=O)NCc2ccccc2F)CC1. The molecule has 6 heteroatoms. The number of benzene rings is 1. The molecule has 0 unspecified atom stereocenters. The molecule has 1 N–H and O–H groups in total. The van der Waals surface area contributed by atoms with E-state index < -0.39 is 0 Å². The summed E-state index contributed by atoms with van der Waals surface area (Å²) >= 11 is 0. The van der Waals surface area contributed by atoms with Crippen molar-refractivity contribution in [1.82, 2.24) is 20.0 Å². The maximum absolute atomic E-state index is 13.5. The Kier molecular flexibility index (Phi) is 6.15. The van der Waals surface area contributed by atoms with Crippen molar-refractivity contribution in [3.8, 4) is 0 Å². The average Bonchev–Trinajstić information content (AvgIpc) is 2.52. The van der Waals surface area contributed by atoms with Gasteiger partial charge >= 0.3 is 6.03 Å². The van der Waals surface area contributed by atoms with Gasteiger partial charge in [-0.15, -0.1) is 0 Å². The molecule has 0 aromatic heterocycles. The van der Waals surface area contributed by atoms with E-state index in [9.17, 15) is 9.18 Å². The molecule has 1 aliphatic rings. The van der Waals surface area contributed by atoms with E-state index in [1.54, 1.807) is 23.1 Å². The molecule has 2 amide bonds. The number of nitrogens with one attached hydrogen (secondary N) is 1. The standard InChI is InChI=1S/C16H25FN4O/c1-19(2)7-8-20-9-11-21(12-10-20)16(22)18-13-14-5-3-4-6-15(14)17/h3-6H,7-13H2,1-2H3,(H,18,22). The van der Waals surface area contributed by atoms with Crippen molar-refractivity contribution in [2.75, 3.05) is 53.4 Å². The third-order valence-corrected chi connectivity index (χ3v) is 3.91. The third-order valence-electron chi connectivity index (χ3n) is 3.91. The van der Waals surface area contributed by atoms with E-state index in [0.29, 0.717) is 5.56 Å². The zero-order valence-corrected chi connectivity index (χ0v) is 13.4. The minimum absolute atomic E-state index is 0.115. The molecule has 0 spiro atoms. The highest BCUT2D eigenvalue weighted by atomic mass is 19.1. The first-order valence-electron chi connectivity index (χ1n) is 7.69. The Morgan fingerprint density at radius 1 is 1.23 bits per heavy atom. The Bertz CT molecular complexity index is 487. The Hall–Kier alpha value is -1.66. The van der Waals surface area contributed by atoms with E-state index in [4.69, 9.17) is 0 Å². The molecule has 1 fully saturated rings. The quantitative estimate of drug-likeness (QED) is 0.889. The van der Waals surface area contributed by atoms with Crippen molar-refractivity contribution >= 4 is 6.03 Å². The molecule has 2 rings (SSSR count). The van der Waals surface area contributed by atoms with Crippen LogP contribution in [-0.4, -0.2) is 74.1 Å². The van der Waals surface area contributed by atoms with Gasteiger partial charge in [-0.1, -0.05) is 18.2 Å². The van der Waals surface area contributed by atoms with Crippen molar-refractivity contribution in [2.24, 2.45) is 0 Å². The molecule has 0 atom stereocenters. The normalized spacial score (nSPS) is 16.1. The van der Waals surface area contributed by atoms with Crippen LogP contribution in [0.3, 0.4) is 0 Å². The van der Waals surface area contributed by atoms with Crippen LogP contribution in [-0.2, 0) is 6.54 Å². The van der Waals surface area contributed by atoms with Gasteiger partial charge in [-0.05, 0) is 20.2 Å². The van der Waals surface area contributed by atoms with Gasteiger partial charge in [0.25, 0.3) is 0 Å². The molecule has 1 saturated heterocycles. The van der Waals surface area contributed by atoms with Crippen LogP contribution in [0.25, 0.3) is 0 Å². The first-order valence-corrected chi connectivity index (χ1v) is 7.69. The zero-order chi connectivity index (χ0) is 15.9. The van der Waals surface area contributed by atoms with Gasteiger partial charge in [0, 0.05) is 51.4 Å². The number of piperazine rings is 1. The summed E-state index contributed by atoms with van der Waals surface area (Å²) in [6.45, 7) is 5.50. The Balaban J connectivity index is 1.72. The van der Waals surface area contributed by atoms with E-state index in [1.165, 1.54) is 6.07 Å². The first kappa shape index (κ1) is 16.7. The molecule has 122 valence electrons. The van der Waals surface area contributed by atoms with Crippen molar-refractivity contribution in [3.05, 3.63) is 35.6 Å². The van der Waals surface area contributed by atoms with Gasteiger partial charge in [0.1, 0.15) is 5.82 Å². The molecular weight excluding hydrogens is 283 g/mol. The highest BCUT2D eigenvalue weighted by Gasteiger charge is 2.20. The monoisotopic (exact) mass is 308 g/mol. The van der Waals surface area contributed by atoms with E-state index in [1.807, 2.05) is 0 Å². The summed E-state index contributed by atoms with van der Waals surface area (Å²) in [7, 11) is 4.12. The summed E-state index contributed by atoms with van der Waals surface area (Å²) in [5.74, 6) is -0.281. The number of likely N-dealkylation sites (N-methyl/N-ethyl adjacent to an activating group) is 1. The van der Waals surface area contributed by atoms with Crippen molar-refractivity contribution in [3.63, 3.8) is 0 Å². The maximum Gasteiger partial charge on any atom is 0.317 e. The van der Waals surface area contributed by atoms with Gasteiger partial charge in [-0.2, -0.15) is 0 Å². The lowest BCUT2D eigenvalue weighted by atomic mass is 10.2. The lowest BCUT2D eigenvalue weighted by Crippen LogP contribution is -2.52. The smallest absolute Gasteiger partial charge is 0.317 e. The molecule has 0 radical (unpaired) electrons. The van der Waals surface area contributed by atoms with Gasteiger partial charge in [0.15, 0.2) is 0 Å². The molecule has 1 aromatic carbocycles. The topological polar surface area (TPSA) is 38.8 Å². The number of carbonyl (C=O) groups is 1. The molecule has 5 nitrogen and oxygen atoms in total. The van der Waals surface area contributed by atoms with Crippen molar-refractivity contribution in [2.45, 2.75) is 6.54 Å². The fourth-order valence-electron chi connectivity index (χ4n) is 2.44. The maximum atomic E-state index is 13.5. The van der Waals surface area contributed by atoms with Crippen LogP contribution < -0.4 is 5.32 Å². The predicted molar refractivity (Wildman–Crippen MR) is 85.2 cm³/mol. The van der Waals surface area contributed by atoms with E-state index in [-0.39, 0.29) is 18.4 Å². The lowest BCUT2D eigenvalue weighted by Gasteiger charge is -2.35. The fourth-order valence-corrected chi connectivity index (χ4v) is 2.44. The van der Waals surface area contributed by atoms with Crippen LogP contribution in [0.5, 0.6) is 0 Å². The summed E-state index contributed by atoms with van der Waals surface area (Å²) in [5, 5.41) is 2.79. The molecular formula is C16H25FN4O. The highest BCUT2D eigenvalue weighted by Crippen LogP contribution is 2.07. The lowest BCUT2D eigenvalue weighted by molar-refractivity contribution is 0.133. The van der Waals surface area contributed by atoms with Crippen molar-refractivity contribution < 1.29 is 9.18 Å². The summed E-state index contributed by atoms with van der Waals surface area (Å²) < 4.78 is 13.5. The van der Waals surface area contributed by atoms with E-state index in [0.717, 1.165) is 39.3 Å². The second-order valence-corrected chi connectivity index (χ2v) is 5.88. The average molecular weight is 308 g/mol. The van der Waals surface area contributed by atoms with Gasteiger partial charge in [0.2, 0.25) is 0 Å². The van der Waals surface area contributed by atoms with Crippen molar-refractivity contribution in [1.29, 1.82) is 0 Å². The molecule has 0 bridgehead atoms. The third kappa shape index (κ3) is 4.96. The molecule has 22 heavy (non-hydrogen) atoms. The van der Waals surface area contributed by atoms with Crippen LogP contribution in [0.15, 0.2) is 24.3 Å². The fraction of sp³-hybridized carbons (Fsp3) is 0.562. The summed E-state index contributed by atoms with van der Waals surface area (Å²) in [5.41, 5.74) is 0.514. The summed E-state index contributed by atoms with van der Waals surface area (Å²) in [6.07, 6.45) is 0. The van der Waals surface area contributed by atoms with Crippen LogP contribution in [0, 0.1) is 5.82 Å².